The molecule has 0 aliphatic carbocycles. The number of carbonyl (C=O) groups excluding carboxylic acids is 1. The average molecular weight is 352 g/mol. The van der Waals surface area contributed by atoms with Crippen molar-refractivity contribution in [2.45, 2.75) is 24.7 Å². The summed E-state index contributed by atoms with van der Waals surface area (Å²) in [6, 6.07) is 6.77. The van der Waals surface area contributed by atoms with Crippen molar-refractivity contribution in [2.24, 2.45) is 16.0 Å². The second-order valence-electron chi connectivity index (χ2n) is 6.06. The monoisotopic (exact) mass is 352 g/mol. The number of hydrogen-bond acceptors (Lipinski definition) is 5. The summed E-state index contributed by atoms with van der Waals surface area (Å²) in [5.41, 5.74) is 6.12. The van der Waals surface area contributed by atoms with E-state index in [0.717, 1.165) is 0 Å². The summed E-state index contributed by atoms with van der Waals surface area (Å²) in [5, 5.41) is 2.84. The van der Waals surface area contributed by atoms with Crippen molar-refractivity contribution in [1.29, 1.82) is 0 Å². The van der Waals surface area contributed by atoms with Crippen molar-refractivity contribution >= 4 is 21.8 Å². The van der Waals surface area contributed by atoms with E-state index in [1.807, 2.05) is 6.92 Å². The van der Waals surface area contributed by atoms with Gasteiger partial charge in [0.25, 0.3) is 10.0 Å². The highest BCUT2D eigenvalue weighted by atomic mass is 32.2. The van der Waals surface area contributed by atoms with Gasteiger partial charge in [-0.05, 0) is 31.0 Å². The Balaban J connectivity index is 1.88. The maximum Gasteiger partial charge on any atom is 0.285 e. The van der Waals surface area contributed by atoms with Crippen LogP contribution in [0, 0.1) is 5.92 Å². The molecule has 0 aromatic heterocycles. The highest BCUT2D eigenvalue weighted by Gasteiger charge is 2.30. The number of nitrogens with zero attached hydrogens (tertiary/aromatic N) is 2. The minimum atomic E-state index is -3.61. The van der Waals surface area contributed by atoms with Crippen LogP contribution in [0.4, 0.5) is 0 Å². The third-order valence-electron chi connectivity index (χ3n) is 3.92. The Morgan fingerprint density at radius 1 is 1.38 bits per heavy atom. The lowest BCUT2D eigenvalue weighted by molar-refractivity contribution is -0.121. The molecule has 1 unspecified atom stereocenters. The first-order valence-corrected chi connectivity index (χ1v) is 9.41. The molecule has 0 spiro atoms. The number of nitrogens with one attached hydrogen (secondary N) is 1. The molecule has 3 N–H and O–H groups in total. The van der Waals surface area contributed by atoms with Crippen molar-refractivity contribution in [3.05, 3.63) is 29.8 Å². The summed E-state index contributed by atoms with van der Waals surface area (Å²) in [7, 11) is -1.82. The summed E-state index contributed by atoms with van der Waals surface area (Å²) in [5.74, 6) is 0.666. The summed E-state index contributed by atoms with van der Waals surface area (Å²) in [4.78, 5) is 13.8. The molecule has 7 nitrogen and oxygen atoms in total. The molecule has 0 radical (unpaired) electrons. The van der Waals surface area contributed by atoms with Gasteiger partial charge in [-0.1, -0.05) is 19.1 Å². The molecule has 1 aromatic carbocycles. The largest absolute Gasteiger partial charge is 0.358 e. The predicted molar refractivity (Wildman–Crippen MR) is 93.3 cm³/mol. The van der Waals surface area contributed by atoms with Crippen molar-refractivity contribution in [1.82, 2.24) is 10.2 Å². The van der Waals surface area contributed by atoms with E-state index in [-0.39, 0.29) is 16.7 Å². The molecule has 0 saturated carbocycles. The first kappa shape index (κ1) is 18.4. The highest BCUT2D eigenvalue weighted by molar-refractivity contribution is 7.90. The minimum absolute atomic E-state index is 0.0231. The smallest absolute Gasteiger partial charge is 0.285 e. The van der Waals surface area contributed by atoms with Crippen LogP contribution in [0.2, 0.25) is 0 Å². The van der Waals surface area contributed by atoms with Gasteiger partial charge >= 0.3 is 0 Å². The van der Waals surface area contributed by atoms with Crippen LogP contribution in [0.3, 0.4) is 0 Å². The molecule has 1 aliphatic rings. The van der Waals surface area contributed by atoms with E-state index in [0.29, 0.717) is 43.9 Å². The molecule has 0 fully saturated rings. The number of nitrogens with two attached hydrogens (primary N) is 1. The standard InChI is InChI=1S/C16H24N4O3S/c1-12(10-17)11-18-15(21)8-5-9-20(2)16-13-6-3-4-7-14(13)24(22,23)19-16/h3-4,6-7,12H,5,8-11,17H2,1-2H3,(H,18,21). The van der Waals surface area contributed by atoms with Gasteiger partial charge in [0.15, 0.2) is 0 Å². The van der Waals surface area contributed by atoms with Gasteiger partial charge in [-0.3, -0.25) is 4.79 Å². The molecule has 0 saturated heterocycles. The molecule has 1 aromatic rings. The summed E-state index contributed by atoms with van der Waals surface area (Å²) in [6.45, 7) is 3.63. The molecule has 2 rings (SSSR count). The van der Waals surface area contributed by atoms with Crippen molar-refractivity contribution in [3.8, 4) is 0 Å². The lowest BCUT2D eigenvalue weighted by atomic mass is 10.1. The molecule has 8 heteroatoms. The predicted octanol–water partition coefficient (Wildman–Crippen LogP) is 0.559. The van der Waals surface area contributed by atoms with E-state index < -0.39 is 10.0 Å². The topological polar surface area (TPSA) is 105 Å². The van der Waals surface area contributed by atoms with E-state index in [1.165, 1.54) is 0 Å². The fourth-order valence-electron chi connectivity index (χ4n) is 2.41. The van der Waals surface area contributed by atoms with Gasteiger partial charge in [-0.15, -0.1) is 4.40 Å². The molecule has 1 atom stereocenters. The van der Waals surface area contributed by atoms with Crippen molar-refractivity contribution in [3.63, 3.8) is 0 Å². The number of hydrogen-bond donors (Lipinski definition) is 2. The Morgan fingerprint density at radius 2 is 2.08 bits per heavy atom. The van der Waals surface area contributed by atoms with Crippen LogP contribution >= 0.6 is 0 Å². The summed E-state index contributed by atoms with van der Waals surface area (Å²) >= 11 is 0. The maximum absolute atomic E-state index is 12.0. The van der Waals surface area contributed by atoms with Crippen LogP contribution in [-0.2, 0) is 14.8 Å². The number of amides is 1. The fraction of sp³-hybridized carbons (Fsp3) is 0.500. The summed E-state index contributed by atoms with van der Waals surface area (Å²) in [6.07, 6.45) is 0.990. The van der Waals surface area contributed by atoms with Crippen LogP contribution < -0.4 is 11.1 Å². The molecule has 24 heavy (non-hydrogen) atoms. The van der Waals surface area contributed by atoms with Crippen LogP contribution in [0.5, 0.6) is 0 Å². The number of carbonyl (C=O) groups is 1. The zero-order chi connectivity index (χ0) is 17.7. The second kappa shape index (κ2) is 7.76. The Kier molecular flexibility index (Phi) is 5.95. The maximum atomic E-state index is 12.0. The van der Waals surface area contributed by atoms with Gasteiger partial charge in [0.2, 0.25) is 5.91 Å². The number of benzene rings is 1. The van der Waals surface area contributed by atoms with Gasteiger partial charge in [-0.25, -0.2) is 0 Å². The Bertz CT molecular complexity index is 731. The Hall–Kier alpha value is -1.93. The van der Waals surface area contributed by atoms with E-state index in [1.54, 1.807) is 36.2 Å². The number of fused-ring (bicyclic) bond motifs is 1. The van der Waals surface area contributed by atoms with Crippen molar-refractivity contribution < 1.29 is 13.2 Å². The SMILES string of the molecule is CC(CN)CNC(=O)CCCN(C)C1=NS(=O)(=O)c2ccccc21. The first-order chi connectivity index (χ1) is 11.3. The van der Waals surface area contributed by atoms with Crippen molar-refractivity contribution in [2.75, 3.05) is 26.7 Å². The molecule has 0 bridgehead atoms. The van der Waals surface area contributed by atoms with E-state index in [4.69, 9.17) is 5.73 Å². The third kappa shape index (κ3) is 4.33. The molecular formula is C16H24N4O3S. The molecule has 1 aliphatic heterocycles. The Morgan fingerprint density at radius 3 is 2.79 bits per heavy atom. The second-order valence-corrected chi connectivity index (χ2v) is 7.63. The van der Waals surface area contributed by atoms with Crippen LogP contribution in [0.1, 0.15) is 25.3 Å². The number of sulfonamides is 1. The van der Waals surface area contributed by atoms with Gasteiger partial charge in [0, 0.05) is 32.1 Å². The zero-order valence-corrected chi connectivity index (χ0v) is 14.8. The Labute approximate surface area is 143 Å². The normalized spacial score (nSPS) is 16.2. The number of rotatable bonds is 7. The van der Waals surface area contributed by atoms with Crippen LogP contribution in [0.15, 0.2) is 33.6 Å². The lowest BCUT2D eigenvalue weighted by Crippen LogP contribution is -2.32. The molecule has 132 valence electrons. The lowest BCUT2D eigenvalue weighted by Gasteiger charge is -2.19. The minimum Gasteiger partial charge on any atom is -0.358 e. The number of amidine groups is 1. The van der Waals surface area contributed by atoms with Gasteiger partial charge < -0.3 is 16.0 Å². The first-order valence-electron chi connectivity index (χ1n) is 7.97. The highest BCUT2D eigenvalue weighted by Crippen LogP contribution is 2.26. The average Bonchev–Trinajstić information content (AvgIpc) is 2.84. The van der Waals surface area contributed by atoms with Crippen LogP contribution in [-0.4, -0.2) is 51.7 Å². The van der Waals surface area contributed by atoms with E-state index >= 15 is 0 Å². The zero-order valence-electron chi connectivity index (χ0n) is 14.0. The van der Waals surface area contributed by atoms with E-state index in [2.05, 4.69) is 9.71 Å². The fourth-order valence-corrected chi connectivity index (χ4v) is 3.66. The third-order valence-corrected chi connectivity index (χ3v) is 5.25. The quantitative estimate of drug-likeness (QED) is 0.746. The van der Waals surface area contributed by atoms with Crippen LogP contribution in [0.25, 0.3) is 0 Å². The van der Waals surface area contributed by atoms with Gasteiger partial charge in [0.1, 0.15) is 10.7 Å². The van der Waals surface area contributed by atoms with E-state index in [9.17, 15) is 13.2 Å². The molecule has 1 heterocycles. The molecule has 1 amide bonds. The summed E-state index contributed by atoms with van der Waals surface area (Å²) < 4.78 is 27.9. The van der Waals surface area contributed by atoms with Gasteiger partial charge in [-0.2, -0.15) is 8.42 Å². The molecular weight excluding hydrogens is 328 g/mol. The van der Waals surface area contributed by atoms with Gasteiger partial charge in [0.05, 0.1) is 0 Å².